The largest absolute Gasteiger partial charge is 0.506 e. The van der Waals surface area contributed by atoms with Crippen LogP contribution in [-0.4, -0.2) is 30.4 Å². The molecule has 7 heteroatoms. The number of phenolic OH excluding ortho intramolecular Hbond substituents is 1. The smallest absolute Gasteiger partial charge is 0.264 e. The molecule has 1 heterocycles. The fourth-order valence-corrected chi connectivity index (χ4v) is 3.28. The number of hydrogen-bond acceptors (Lipinski definition) is 6. The van der Waals surface area contributed by atoms with Crippen molar-refractivity contribution in [2.45, 2.75) is 6.92 Å². The zero-order valence-corrected chi connectivity index (χ0v) is 15.4. The molecule has 1 amide bonds. The van der Waals surface area contributed by atoms with Crippen molar-refractivity contribution in [2.75, 3.05) is 14.2 Å². The van der Waals surface area contributed by atoms with Crippen LogP contribution in [0.25, 0.3) is 6.08 Å². The lowest BCUT2D eigenvalue weighted by atomic mass is 10.1. The van der Waals surface area contributed by atoms with E-state index in [0.29, 0.717) is 27.3 Å². The Bertz CT molecular complexity index is 902. The third-order valence-corrected chi connectivity index (χ3v) is 4.71. The Morgan fingerprint density at radius 3 is 2.69 bits per heavy atom. The molecular weight excluding hydrogens is 352 g/mol. The SMILES string of the molecule is COc1ccc(OC)c(/C=C2\SC(=Nc3c(C)cccc3O)NC2=O)c1. The fourth-order valence-electron chi connectivity index (χ4n) is 2.46. The molecule has 0 atom stereocenters. The Balaban J connectivity index is 1.93. The predicted octanol–water partition coefficient (Wildman–Crippen LogP) is 3.61. The number of aryl methyl sites for hydroxylation is 1. The number of rotatable bonds is 4. The Labute approximate surface area is 155 Å². The van der Waals surface area contributed by atoms with Crippen LogP contribution >= 0.6 is 11.8 Å². The van der Waals surface area contributed by atoms with Crippen molar-refractivity contribution in [2.24, 2.45) is 4.99 Å². The molecule has 3 rings (SSSR count). The van der Waals surface area contributed by atoms with Gasteiger partial charge in [-0.05, 0) is 54.6 Å². The second-order valence-electron chi connectivity index (χ2n) is 5.53. The molecule has 1 aliphatic rings. The minimum Gasteiger partial charge on any atom is -0.506 e. The van der Waals surface area contributed by atoms with Crippen LogP contribution in [0.1, 0.15) is 11.1 Å². The van der Waals surface area contributed by atoms with Crippen molar-refractivity contribution < 1.29 is 19.4 Å². The monoisotopic (exact) mass is 370 g/mol. The molecule has 0 aromatic heterocycles. The normalized spacial score (nSPS) is 16.8. The van der Waals surface area contributed by atoms with Gasteiger partial charge in [-0.25, -0.2) is 4.99 Å². The quantitative estimate of drug-likeness (QED) is 0.804. The van der Waals surface area contributed by atoms with Crippen LogP contribution in [0.4, 0.5) is 5.69 Å². The summed E-state index contributed by atoms with van der Waals surface area (Å²) in [7, 11) is 3.15. The van der Waals surface area contributed by atoms with Gasteiger partial charge in [-0.15, -0.1) is 0 Å². The van der Waals surface area contributed by atoms with Gasteiger partial charge in [0.15, 0.2) is 5.17 Å². The molecule has 0 spiro atoms. The highest BCUT2D eigenvalue weighted by molar-refractivity contribution is 8.18. The number of thioether (sulfide) groups is 1. The first kappa shape index (κ1) is 17.9. The molecule has 6 nitrogen and oxygen atoms in total. The van der Waals surface area contributed by atoms with E-state index in [9.17, 15) is 9.90 Å². The molecule has 0 bridgehead atoms. The van der Waals surface area contributed by atoms with Crippen LogP contribution < -0.4 is 14.8 Å². The zero-order chi connectivity index (χ0) is 18.7. The highest BCUT2D eigenvalue weighted by Crippen LogP contribution is 2.35. The molecule has 0 aliphatic carbocycles. The number of hydrogen-bond donors (Lipinski definition) is 2. The molecule has 0 saturated carbocycles. The molecule has 2 aromatic carbocycles. The number of nitrogens with zero attached hydrogens (tertiary/aromatic N) is 1. The van der Waals surface area contributed by atoms with E-state index in [1.807, 2.05) is 13.0 Å². The number of carbonyl (C=O) groups excluding carboxylic acids is 1. The van der Waals surface area contributed by atoms with E-state index < -0.39 is 0 Å². The van der Waals surface area contributed by atoms with E-state index in [-0.39, 0.29) is 11.7 Å². The van der Waals surface area contributed by atoms with Crippen LogP contribution in [-0.2, 0) is 4.79 Å². The minimum absolute atomic E-state index is 0.0687. The Morgan fingerprint density at radius 2 is 2.00 bits per heavy atom. The van der Waals surface area contributed by atoms with Gasteiger partial charge in [0.1, 0.15) is 22.9 Å². The summed E-state index contributed by atoms with van der Waals surface area (Å²) < 4.78 is 10.6. The van der Waals surface area contributed by atoms with Gasteiger partial charge in [0, 0.05) is 5.56 Å². The maximum Gasteiger partial charge on any atom is 0.264 e. The maximum atomic E-state index is 12.3. The first-order valence-corrected chi connectivity index (χ1v) is 8.63. The number of aromatic hydroxyl groups is 1. The van der Waals surface area contributed by atoms with Crippen molar-refractivity contribution >= 4 is 34.6 Å². The molecule has 134 valence electrons. The average Bonchev–Trinajstić information content (AvgIpc) is 2.97. The number of para-hydroxylation sites is 1. The van der Waals surface area contributed by atoms with E-state index in [1.54, 1.807) is 50.6 Å². The first-order valence-electron chi connectivity index (χ1n) is 7.82. The minimum atomic E-state index is -0.258. The van der Waals surface area contributed by atoms with Gasteiger partial charge in [-0.1, -0.05) is 12.1 Å². The number of ether oxygens (including phenoxy) is 2. The molecule has 2 N–H and O–H groups in total. The van der Waals surface area contributed by atoms with Gasteiger partial charge in [-0.3, -0.25) is 4.79 Å². The van der Waals surface area contributed by atoms with Crippen molar-refractivity contribution in [3.05, 3.63) is 52.4 Å². The third-order valence-electron chi connectivity index (χ3n) is 3.80. The first-order chi connectivity index (χ1) is 12.5. The molecule has 1 saturated heterocycles. The standard InChI is InChI=1S/C19H18N2O4S/c1-11-5-4-6-14(22)17(11)20-19-21-18(23)16(26-19)10-12-9-13(24-2)7-8-15(12)25-3/h4-10,22H,1-3H3,(H,20,21,23)/b16-10-. The number of amides is 1. The van der Waals surface area contributed by atoms with Gasteiger partial charge in [0.05, 0.1) is 19.1 Å². The van der Waals surface area contributed by atoms with Crippen molar-refractivity contribution in [1.29, 1.82) is 0 Å². The van der Waals surface area contributed by atoms with E-state index in [4.69, 9.17) is 9.47 Å². The van der Waals surface area contributed by atoms with Crippen molar-refractivity contribution in [3.8, 4) is 17.2 Å². The summed E-state index contributed by atoms with van der Waals surface area (Å²) in [6.07, 6.45) is 1.72. The number of phenols is 1. The van der Waals surface area contributed by atoms with Crippen LogP contribution in [0, 0.1) is 6.92 Å². The summed E-state index contributed by atoms with van der Waals surface area (Å²) in [5, 5.41) is 13.1. The fraction of sp³-hybridized carbons (Fsp3) is 0.158. The lowest BCUT2D eigenvalue weighted by Crippen LogP contribution is -2.19. The molecule has 0 unspecified atom stereocenters. The van der Waals surface area contributed by atoms with Crippen LogP contribution in [0.15, 0.2) is 46.3 Å². The van der Waals surface area contributed by atoms with E-state index in [2.05, 4.69) is 10.3 Å². The zero-order valence-electron chi connectivity index (χ0n) is 14.6. The van der Waals surface area contributed by atoms with Gasteiger partial charge in [0.2, 0.25) is 0 Å². The Hall–Kier alpha value is -2.93. The lowest BCUT2D eigenvalue weighted by Gasteiger charge is -2.07. The molecule has 0 radical (unpaired) electrons. The number of carbonyl (C=O) groups is 1. The summed E-state index contributed by atoms with van der Waals surface area (Å²) in [5.41, 5.74) is 1.99. The molecular formula is C19H18N2O4S. The topological polar surface area (TPSA) is 80.2 Å². The van der Waals surface area contributed by atoms with Crippen molar-refractivity contribution in [1.82, 2.24) is 5.32 Å². The lowest BCUT2D eigenvalue weighted by molar-refractivity contribution is -0.115. The van der Waals surface area contributed by atoms with E-state index in [0.717, 1.165) is 11.1 Å². The molecule has 2 aromatic rings. The maximum absolute atomic E-state index is 12.3. The number of benzene rings is 2. The van der Waals surface area contributed by atoms with Gasteiger partial charge in [0.25, 0.3) is 5.91 Å². The van der Waals surface area contributed by atoms with Crippen LogP contribution in [0.3, 0.4) is 0 Å². The van der Waals surface area contributed by atoms with Gasteiger partial charge >= 0.3 is 0 Å². The third kappa shape index (κ3) is 3.67. The number of methoxy groups -OCH3 is 2. The number of amidine groups is 1. The predicted molar refractivity (Wildman–Crippen MR) is 103 cm³/mol. The summed E-state index contributed by atoms with van der Waals surface area (Å²) in [6.45, 7) is 1.85. The highest BCUT2D eigenvalue weighted by atomic mass is 32.2. The summed E-state index contributed by atoms with van der Waals surface area (Å²) in [6, 6.07) is 10.5. The number of nitrogens with one attached hydrogen (secondary N) is 1. The van der Waals surface area contributed by atoms with Crippen LogP contribution in [0.2, 0.25) is 0 Å². The molecule has 1 fully saturated rings. The average molecular weight is 370 g/mol. The van der Waals surface area contributed by atoms with E-state index >= 15 is 0 Å². The molecule has 1 aliphatic heterocycles. The van der Waals surface area contributed by atoms with Gasteiger partial charge < -0.3 is 19.9 Å². The molecule has 26 heavy (non-hydrogen) atoms. The van der Waals surface area contributed by atoms with Crippen LogP contribution in [0.5, 0.6) is 17.2 Å². The Kier molecular flexibility index (Phi) is 5.18. The summed E-state index contributed by atoms with van der Waals surface area (Å²) in [4.78, 5) is 17.1. The summed E-state index contributed by atoms with van der Waals surface area (Å²) >= 11 is 1.20. The number of aliphatic imine (C=N–C) groups is 1. The second kappa shape index (κ2) is 7.53. The van der Waals surface area contributed by atoms with Gasteiger partial charge in [-0.2, -0.15) is 0 Å². The Morgan fingerprint density at radius 1 is 1.19 bits per heavy atom. The summed E-state index contributed by atoms with van der Waals surface area (Å²) in [5.74, 6) is 1.11. The van der Waals surface area contributed by atoms with Crippen molar-refractivity contribution in [3.63, 3.8) is 0 Å². The second-order valence-corrected chi connectivity index (χ2v) is 6.56. The van der Waals surface area contributed by atoms with E-state index in [1.165, 1.54) is 11.8 Å². The highest BCUT2D eigenvalue weighted by Gasteiger charge is 2.25.